The molecule has 2 aromatic carbocycles. The number of nitrogens with zero attached hydrogens (tertiary/aromatic N) is 1. The Labute approximate surface area is 186 Å². The van der Waals surface area contributed by atoms with Crippen molar-refractivity contribution in [1.29, 1.82) is 0 Å². The monoisotopic (exact) mass is 421 g/mol. The normalized spacial score (nSPS) is 15.4. The summed E-state index contributed by atoms with van der Waals surface area (Å²) >= 11 is 0. The van der Waals surface area contributed by atoms with Gasteiger partial charge in [-0.2, -0.15) is 0 Å². The first-order valence-electron chi connectivity index (χ1n) is 11.6. The Morgan fingerprint density at radius 2 is 1.61 bits per heavy atom. The third-order valence-corrected chi connectivity index (χ3v) is 5.89. The van der Waals surface area contributed by atoms with E-state index in [9.17, 15) is 9.59 Å². The van der Waals surface area contributed by atoms with E-state index in [0.717, 1.165) is 49.3 Å². The first-order valence-corrected chi connectivity index (χ1v) is 11.6. The van der Waals surface area contributed by atoms with Gasteiger partial charge in [0.15, 0.2) is 0 Å². The molecule has 2 atom stereocenters. The minimum absolute atomic E-state index is 0.0764. The lowest BCUT2D eigenvalue weighted by molar-refractivity contribution is -0.127. The summed E-state index contributed by atoms with van der Waals surface area (Å²) in [6, 6.07) is 17.3. The van der Waals surface area contributed by atoms with E-state index in [1.54, 1.807) is 0 Å². The van der Waals surface area contributed by atoms with Gasteiger partial charge in [-0.05, 0) is 49.4 Å². The first kappa shape index (κ1) is 22.9. The van der Waals surface area contributed by atoms with Gasteiger partial charge >= 0.3 is 0 Å². The molecular formula is C26H35N3O2. The van der Waals surface area contributed by atoms with E-state index in [2.05, 4.69) is 28.5 Å². The number of anilines is 2. The maximum absolute atomic E-state index is 13.1. The second-order valence-corrected chi connectivity index (χ2v) is 8.34. The lowest BCUT2D eigenvalue weighted by Gasteiger charge is -2.23. The molecule has 0 bridgehead atoms. The Bertz CT molecular complexity index is 847. The second kappa shape index (κ2) is 11.5. The van der Waals surface area contributed by atoms with Crippen LogP contribution >= 0.6 is 0 Å². The minimum Gasteiger partial charge on any atom is -0.371 e. The quantitative estimate of drug-likeness (QED) is 0.561. The first-order chi connectivity index (χ1) is 15.1. The Kier molecular flexibility index (Phi) is 8.51. The van der Waals surface area contributed by atoms with Crippen LogP contribution in [0.2, 0.25) is 0 Å². The fraction of sp³-hybridized carbons (Fsp3) is 0.462. The van der Waals surface area contributed by atoms with Crippen LogP contribution in [0.1, 0.15) is 63.9 Å². The van der Waals surface area contributed by atoms with Gasteiger partial charge in [-0.3, -0.25) is 9.59 Å². The number of nitrogens with one attached hydrogen (secondary N) is 2. The predicted molar refractivity (Wildman–Crippen MR) is 127 cm³/mol. The van der Waals surface area contributed by atoms with E-state index in [1.165, 1.54) is 12.8 Å². The molecule has 5 heteroatoms. The van der Waals surface area contributed by atoms with Crippen LogP contribution in [-0.2, 0) is 9.59 Å². The fourth-order valence-electron chi connectivity index (χ4n) is 4.24. The molecule has 0 spiro atoms. The van der Waals surface area contributed by atoms with Crippen molar-refractivity contribution >= 4 is 23.2 Å². The molecule has 2 unspecified atom stereocenters. The van der Waals surface area contributed by atoms with Crippen molar-refractivity contribution in [3.05, 3.63) is 60.2 Å². The van der Waals surface area contributed by atoms with E-state index >= 15 is 0 Å². The van der Waals surface area contributed by atoms with Crippen LogP contribution in [0.5, 0.6) is 0 Å². The highest BCUT2D eigenvalue weighted by Crippen LogP contribution is 2.24. The van der Waals surface area contributed by atoms with Crippen molar-refractivity contribution in [2.24, 2.45) is 0 Å². The van der Waals surface area contributed by atoms with Crippen LogP contribution in [0.4, 0.5) is 11.4 Å². The summed E-state index contributed by atoms with van der Waals surface area (Å²) in [6.07, 6.45) is 5.51. The van der Waals surface area contributed by atoms with Crippen molar-refractivity contribution in [2.75, 3.05) is 23.3 Å². The average molecular weight is 422 g/mol. The molecule has 1 saturated heterocycles. The molecule has 2 N–H and O–H groups in total. The standard InChI is InChI=1S/C26H35N3O2/c1-3-11-23(20-13-6-5-7-14-20)25(30)28-24(12-4-2)26(31)27-21-15-10-16-22(19-21)29-17-8-9-18-29/h5-7,10,13-16,19,23-24H,3-4,8-9,11-12,17-18H2,1-2H3,(H,27,31)(H,28,30). The molecule has 0 aliphatic carbocycles. The van der Waals surface area contributed by atoms with Crippen LogP contribution < -0.4 is 15.5 Å². The van der Waals surface area contributed by atoms with E-state index in [4.69, 9.17) is 0 Å². The van der Waals surface area contributed by atoms with Crippen molar-refractivity contribution < 1.29 is 9.59 Å². The number of hydrogen-bond acceptors (Lipinski definition) is 3. The summed E-state index contributed by atoms with van der Waals surface area (Å²) in [5.41, 5.74) is 2.91. The van der Waals surface area contributed by atoms with Crippen LogP contribution in [0.15, 0.2) is 54.6 Å². The van der Waals surface area contributed by atoms with Gasteiger partial charge in [0.1, 0.15) is 6.04 Å². The highest BCUT2D eigenvalue weighted by Gasteiger charge is 2.26. The zero-order valence-corrected chi connectivity index (χ0v) is 18.8. The van der Waals surface area contributed by atoms with Crippen molar-refractivity contribution in [2.45, 2.75) is 64.3 Å². The molecule has 1 fully saturated rings. The molecule has 5 nitrogen and oxygen atoms in total. The van der Waals surface area contributed by atoms with E-state index in [0.29, 0.717) is 6.42 Å². The summed E-state index contributed by atoms with van der Waals surface area (Å²) in [4.78, 5) is 28.5. The molecule has 166 valence electrons. The molecule has 1 aliphatic heterocycles. The van der Waals surface area contributed by atoms with Crippen molar-refractivity contribution in [3.8, 4) is 0 Å². The van der Waals surface area contributed by atoms with Gasteiger partial charge in [-0.25, -0.2) is 0 Å². The van der Waals surface area contributed by atoms with Crippen LogP contribution in [0, 0.1) is 0 Å². The third kappa shape index (κ3) is 6.33. The number of benzene rings is 2. The summed E-state index contributed by atoms with van der Waals surface area (Å²) in [6.45, 7) is 6.22. The summed E-state index contributed by atoms with van der Waals surface area (Å²) < 4.78 is 0. The van der Waals surface area contributed by atoms with Gasteiger partial charge in [0.2, 0.25) is 11.8 Å². The van der Waals surface area contributed by atoms with Crippen LogP contribution in [0.3, 0.4) is 0 Å². The lowest BCUT2D eigenvalue weighted by atomic mass is 9.93. The zero-order chi connectivity index (χ0) is 22.1. The highest BCUT2D eigenvalue weighted by molar-refractivity contribution is 5.98. The number of hydrogen-bond donors (Lipinski definition) is 2. The Hall–Kier alpha value is -2.82. The van der Waals surface area contributed by atoms with Gasteiger partial charge in [-0.1, -0.05) is 63.1 Å². The molecule has 1 aliphatic rings. The minimum atomic E-state index is -0.545. The lowest BCUT2D eigenvalue weighted by Crippen LogP contribution is -2.45. The highest BCUT2D eigenvalue weighted by atomic mass is 16.2. The van der Waals surface area contributed by atoms with E-state index < -0.39 is 6.04 Å². The molecule has 31 heavy (non-hydrogen) atoms. The Morgan fingerprint density at radius 3 is 2.29 bits per heavy atom. The summed E-state index contributed by atoms with van der Waals surface area (Å²) in [5.74, 6) is -0.471. The largest absolute Gasteiger partial charge is 0.371 e. The molecule has 0 aromatic heterocycles. The second-order valence-electron chi connectivity index (χ2n) is 8.34. The van der Waals surface area contributed by atoms with Crippen LogP contribution in [0.25, 0.3) is 0 Å². The maximum Gasteiger partial charge on any atom is 0.246 e. The zero-order valence-electron chi connectivity index (χ0n) is 18.8. The molecule has 2 amide bonds. The topological polar surface area (TPSA) is 61.4 Å². The Morgan fingerprint density at radius 1 is 0.903 bits per heavy atom. The van der Waals surface area contributed by atoms with E-state index in [1.807, 2.05) is 55.5 Å². The number of carbonyl (C=O) groups is 2. The average Bonchev–Trinajstić information content (AvgIpc) is 3.33. The molecule has 3 rings (SSSR count). The van der Waals surface area contributed by atoms with Gasteiger partial charge in [-0.15, -0.1) is 0 Å². The van der Waals surface area contributed by atoms with E-state index in [-0.39, 0.29) is 17.7 Å². The van der Waals surface area contributed by atoms with Gasteiger partial charge in [0.25, 0.3) is 0 Å². The smallest absolute Gasteiger partial charge is 0.246 e. The summed E-state index contributed by atoms with van der Waals surface area (Å²) in [5, 5.41) is 6.06. The Balaban J connectivity index is 1.68. The number of rotatable bonds is 10. The van der Waals surface area contributed by atoms with Crippen molar-refractivity contribution in [1.82, 2.24) is 5.32 Å². The molecule has 0 saturated carbocycles. The van der Waals surface area contributed by atoms with Gasteiger partial charge < -0.3 is 15.5 Å². The fourth-order valence-corrected chi connectivity index (χ4v) is 4.24. The van der Waals surface area contributed by atoms with Gasteiger partial charge in [0.05, 0.1) is 5.92 Å². The number of carbonyl (C=O) groups excluding carboxylic acids is 2. The number of amides is 2. The molecular weight excluding hydrogens is 386 g/mol. The molecule has 1 heterocycles. The van der Waals surface area contributed by atoms with Crippen LogP contribution in [-0.4, -0.2) is 30.9 Å². The SMILES string of the molecule is CCCC(NC(=O)C(CCC)c1ccccc1)C(=O)Nc1cccc(N2CCCC2)c1. The maximum atomic E-state index is 13.1. The third-order valence-electron chi connectivity index (χ3n) is 5.89. The molecule has 0 radical (unpaired) electrons. The summed E-state index contributed by atoms with van der Waals surface area (Å²) in [7, 11) is 0. The predicted octanol–water partition coefficient (Wildman–Crippen LogP) is 5.09. The molecule has 2 aromatic rings. The van der Waals surface area contributed by atoms with Crippen molar-refractivity contribution in [3.63, 3.8) is 0 Å². The van der Waals surface area contributed by atoms with Gasteiger partial charge in [0, 0.05) is 24.5 Å².